The molecular formula is C45H27N3S. The van der Waals surface area contributed by atoms with Gasteiger partial charge in [0.2, 0.25) is 0 Å². The Morgan fingerprint density at radius 2 is 1.16 bits per heavy atom. The average molecular weight is 642 g/mol. The Bertz CT molecular complexity index is 2930. The van der Waals surface area contributed by atoms with E-state index < -0.39 is 0 Å². The van der Waals surface area contributed by atoms with Crippen molar-refractivity contribution < 1.29 is 0 Å². The van der Waals surface area contributed by atoms with Gasteiger partial charge in [-0.2, -0.15) is 0 Å². The minimum atomic E-state index is -0.278. The van der Waals surface area contributed by atoms with Gasteiger partial charge >= 0.3 is 0 Å². The SMILES string of the molecule is c1ccc2c(c1)-c1cccc3c1c-2cc1sc2cc(C4=NC(c5ccc6ccccc6c5)=NC(c5ccc6ccccc6c5)N4)ccc2c13. The van der Waals surface area contributed by atoms with Gasteiger partial charge < -0.3 is 5.32 Å². The molecule has 2 heterocycles. The maximum Gasteiger partial charge on any atom is 0.159 e. The third kappa shape index (κ3) is 4.08. The summed E-state index contributed by atoms with van der Waals surface area (Å²) < 4.78 is 2.57. The Balaban J connectivity index is 1.07. The number of nitrogens with one attached hydrogen (secondary N) is 1. The molecule has 1 aliphatic heterocycles. The van der Waals surface area contributed by atoms with Gasteiger partial charge in [0.05, 0.1) is 0 Å². The summed E-state index contributed by atoms with van der Waals surface area (Å²) in [5.74, 6) is 1.57. The number of thiophene rings is 1. The van der Waals surface area contributed by atoms with Crippen molar-refractivity contribution in [1.29, 1.82) is 0 Å². The van der Waals surface area contributed by atoms with Crippen LogP contribution in [0.3, 0.4) is 0 Å². The van der Waals surface area contributed by atoms with Crippen LogP contribution in [0.2, 0.25) is 0 Å². The van der Waals surface area contributed by atoms with Crippen molar-refractivity contribution in [2.75, 3.05) is 0 Å². The lowest BCUT2D eigenvalue weighted by molar-refractivity contribution is 0.675. The molecule has 0 amide bonds. The van der Waals surface area contributed by atoms with E-state index in [9.17, 15) is 0 Å². The minimum Gasteiger partial charge on any atom is -0.344 e. The number of fused-ring (bicyclic) bond motifs is 9. The Morgan fingerprint density at radius 1 is 0.469 bits per heavy atom. The summed E-state index contributed by atoms with van der Waals surface area (Å²) in [5.41, 5.74) is 8.51. The van der Waals surface area contributed by atoms with Crippen molar-refractivity contribution >= 4 is 75.5 Å². The lowest BCUT2D eigenvalue weighted by Gasteiger charge is -2.24. The molecule has 9 aromatic rings. The van der Waals surface area contributed by atoms with Crippen LogP contribution >= 0.6 is 11.3 Å². The zero-order valence-corrected chi connectivity index (χ0v) is 27.1. The lowest BCUT2D eigenvalue weighted by atomic mass is 9.98. The molecule has 49 heavy (non-hydrogen) atoms. The lowest BCUT2D eigenvalue weighted by Crippen LogP contribution is -2.33. The normalized spacial score (nSPS) is 15.1. The fraction of sp³-hybridized carbons (Fsp3) is 0.0222. The monoisotopic (exact) mass is 641 g/mol. The summed E-state index contributed by atoms with van der Waals surface area (Å²) in [5, 5.41) is 13.8. The van der Waals surface area contributed by atoms with E-state index >= 15 is 0 Å². The summed E-state index contributed by atoms with van der Waals surface area (Å²) >= 11 is 1.87. The summed E-state index contributed by atoms with van der Waals surface area (Å²) in [7, 11) is 0. The smallest absolute Gasteiger partial charge is 0.159 e. The maximum atomic E-state index is 5.21. The average Bonchev–Trinajstić information content (AvgIpc) is 3.70. The molecule has 0 radical (unpaired) electrons. The van der Waals surface area contributed by atoms with Crippen molar-refractivity contribution in [3.63, 3.8) is 0 Å². The van der Waals surface area contributed by atoms with Gasteiger partial charge in [-0.15, -0.1) is 11.3 Å². The number of amidine groups is 2. The summed E-state index contributed by atoms with van der Waals surface area (Å²) in [6, 6.07) is 54.8. The molecule has 3 nitrogen and oxygen atoms in total. The van der Waals surface area contributed by atoms with Crippen LogP contribution in [0.4, 0.5) is 0 Å². The summed E-state index contributed by atoms with van der Waals surface area (Å²) in [6.45, 7) is 0. The highest BCUT2D eigenvalue weighted by Gasteiger charge is 2.25. The van der Waals surface area contributed by atoms with Gasteiger partial charge in [-0.05, 0) is 84.4 Å². The van der Waals surface area contributed by atoms with Gasteiger partial charge in [-0.25, -0.2) is 9.98 Å². The molecule has 1 atom stereocenters. The highest BCUT2D eigenvalue weighted by molar-refractivity contribution is 7.26. The van der Waals surface area contributed by atoms with E-state index in [0.717, 1.165) is 28.4 Å². The molecule has 1 aliphatic carbocycles. The van der Waals surface area contributed by atoms with E-state index in [2.05, 4.69) is 157 Å². The Labute approximate surface area is 286 Å². The van der Waals surface area contributed by atoms with Crippen molar-refractivity contribution in [1.82, 2.24) is 5.32 Å². The van der Waals surface area contributed by atoms with Gasteiger partial charge in [-0.3, -0.25) is 0 Å². The van der Waals surface area contributed by atoms with Gasteiger partial charge in [-0.1, -0.05) is 127 Å². The van der Waals surface area contributed by atoms with Crippen LogP contribution in [-0.4, -0.2) is 11.7 Å². The number of rotatable bonds is 3. The van der Waals surface area contributed by atoms with E-state index in [1.54, 1.807) is 0 Å². The third-order valence-electron chi connectivity index (χ3n) is 10.2. The molecule has 2 aliphatic rings. The summed E-state index contributed by atoms with van der Waals surface area (Å²) in [4.78, 5) is 10.4. The Kier molecular flexibility index (Phi) is 5.60. The second kappa shape index (κ2) is 10.2. The molecule has 8 aromatic carbocycles. The molecule has 0 saturated carbocycles. The molecule has 0 spiro atoms. The zero-order chi connectivity index (χ0) is 32.1. The van der Waals surface area contributed by atoms with Crippen LogP contribution in [0.5, 0.6) is 0 Å². The van der Waals surface area contributed by atoms with Crippen LogP contribution in [-0.2, 0) is 0 Å². The van der Waals surface area contributed by atoms with Crippen molar-refractivity contribution in [3.05, 3.63) is 168 Å². The first-order valence-electron chi connectivity index (χ1n) is 16.7. The number of nitrogens with zero attached hydrogens (tertiary/aromatic N) is 2. The molecule has 1 N–H and O–H groups in total. The number of hydrogen-bond acceptors (Lipinski definition) is 4. The molecule has 11 rings (SSSR count). The molecule has 0 fully saturated rings. The Morgan fingerprint density at radius 3 is 2.00 bits per heavy atom. The molecule has 0 bridgehead atoms. The maximum absolute atomic E-state index is 5.21. The van der Waals surface area contributed by atoms with E-state index in [1.165, 1.54) is 74.7 Å². The molecule has 1 unspecified atom stereocenters. The van der Waals surface area contributed by atoms with Crippen LogP contribution in [0.1, 0.15) is 22.9 Å². The van der Waals surface area contributed by atoms with Crippen LogP contribution in [0, 0.1) is 0 Å². The second-order valence-corrected chi connectivity index (χ2v) is 14.1. The van der Waals surface area contributed by atoms with Crippen LogP contribution < -0.4 is 5.32 Å². The number of hydrogen-bond donors (Lipinski definition) is 1. The quantitative estimate of drug-likeness (QED) is 0.205. The van der Waals surface area contributed by atoms with E-state index in [0.29, 0.717) is 0 Å². The van der Waals surface area contributed by atoms with Crippen molar-refractivity contribution in [3.8, 4) is 22.3 Å². The first-order valence-corrected chi connectivity index (χ1v) is 17.5. The third-order valence-corrected chi connectivity index (χ3v) is 11.3. The van der Waals surface area contributed by atoms with E-state index in [4.69, 9.17) is 9.98 Å². The van der Waals surface area contributed by atoms with Crippen LogP contribution in [0.15, 0.2) is 162 Å². The molecule has 4 heteroatoms. The molecule has 0 saturated heterocycles. The first-order chi connectivity index (χ1) is 24.2. The standard InChI is InChI=1S/C45H27N3S/c1-3-10-28-22-30(18-16-26(28)8-1)43-46-44(31-19-17-27-9-2-4-11-29(27)23-31)48-45(47-43)32-20-21-36-39(24-32)49-40-25-38-34-13-6-5-12-33(34)35-14-7-15-37(41(35)38)42(36)40/h1-25,43H,(H,46,47,48). The Hall–Kier alpha value is -6.10. The molecule has 1 aromatic heterocycles. The van der Waals surface area contributed by atoms with Crippen molar-refractivity contribution in [2.24, 2.45) is 9.98 Å². The minimum absolute atomic E-state index is 0.278. The van der Waals surface area contributed by atoms with Gasteiger partial charge in [0.15, 0.2) is 5.84 Å². The second-order valence-electron chi connectivity index (χ2n) is 13.0. The van der Waals surface area contributed by atoms with Gasteiger partial charge in [0.1, 0.15) is 12.0 Å². The summed E-state index contributed by atoms with van der Waals surface area (Å²) in [6.07, 6.45) is -0.278. The predicted molar refractivity (Wildman–Crippen MR) is 208 cm³/mol. The van der Waals surface area contributed by atoms with Crippen molar-refractivity contribution in [2.45, 2.75) is 6.17 Å². The largest absolute Gasteiger partial charge is 0.344 e. The van der Waals surface area contributed by atoms with Crippen LogP contribution in [0.25, 0.3) is 74.7 Å². The van der Waals surface area contributed by atoms with E-state index in [1.807, 2.05) is 11.3 Å². The zero-order valence-electron chi connectivity index (χ0n) is 26.3. The number of benzene rings is 8. The number of aliphatic imine (C=N–C) groups is 2. The highest BCUT2D eigenvalue weighted by atomic mass is 32.1. The highest BCUT2D eigenvalue weighted by Crippen LogP contribution is 2.51. The molecular weight excluding hydrogens is 615 g/mol. The van der Waals surface area contributed by atoms with E-state index in [-0.39, 0.29) is 6.17 Å². The van der Waals surface area contributed by atoms with Gasteiger partial charge in [0, 0.05) is 31.3 Å². The fourth-order valence-electron chi connectivity index (χ4n) is 7.89. The topological polar surface area (TPSA) is 36.8 Å². The fourth-order valence-corrected chi connectivity index (χ4v) is 9.09. The predicted octanol–water partition coefficient (Wildman–Crippen LogP) is 11.7. The van der Waals surface area contributed by atoms with Gasteiger partial charge in [0.25, 0.3) is 0 Å². The first kappa shape index (κ1) is 26.9. The molecule has 228 valence electrons.